The highest BCUT2D eigenvalue weighted by atomic mass is 19.1. The fourth-order valence-corrected chi connectivity index (χ4v) is 2.81. The molecule has 0 atom stereocenters. The summed E-state index contributed by atoms with van der Waals surface area (Å²) in [5.41, 5.74) is 3.26. The van der Waals surface area contributed by atoms with E-state index in [-0.39, 0.29) is 11.5 Å². The molecule has 27 heavy (non-hydrogen) atoms. The third-order valence-electron chi connectivity index (χ3n) is 4.26. The lowest BCUT2D eigenvalue weighted by Crippen LogP contribution is -2.14. The molecule has 0 saturated heterocycles. The second kappa shape index (κ2) is 6.92. The summed E-state index contributed by atoms with van der Waals surface area (Å²) in [7, 11) is 0. The number of carbonyl (C=O) groups is 1. The zero-order valence-corrected chi connectivity index (χ0v) is 14.5. The van der Waals surface area contributed by atoms with Gasteiger partial charge in [-0.2, -0.15) is 0 Å². The second-order valence-corrected chi connectivity index (χ2v) is 6.08. The van der Waals surface area contributed by atoms with Crippen LogP contribution < -0.4 is 5.32 Å². The molecule has 0 aliphatic rings. The Kier molecular flexibility index (Phi) is 4.30. The first-order chi connectivity index (χ1) is 13.1. The van der Waals surface area contributed by atoms with Crippen LogP contribution in [0, 0.1) is 12.7 Å². The first-order valence-corrected chi connectivity index (χ1v) is 8.36. The van der Waals surface area contributed by atoms with Crippen LogP contribution in [0.15, 0.2) is 77.8 Å². The van der Waals surface area contributed by atoms with Crippen LogP contribution >= 0.6 is 0 Å². The SMILES string of the molecule is Cc1ccc(-n2cccc2)cc1NC(=O)c1ncoc1-c1ccc(F)cc1. The van der Waals surface area contributed by atoms with Crippen LogP contribution in [0.25, 0.3) is 17.0 Å². The maximum atomic E-state index is 13.1. The molecule has 0 fully saturated rings. The molecule has 0 saturated carbocycles. The van der Waals surface area contributed by atoms with Crippen molar-refractivity contribution in [1.29, 1.82) is 0 Å². The summed E-state index contributed by atoms with van der Waals surface area (Å²) in [6, 6.07) is 15.4. The summed E-state index contributed by atoms with van der Waals surface area (Å²) in [5.74, 6) is -0.454. The Bertz CT molecular complexity index is 1080. The molecule has 1 N–H and O–H groups in total. The fourth-order valence-electron chi connectivity index (χ4n) is 2.81. The van der Waals surface area contributed by atoms with Crippen molar-refractivity contribution in [2.45, 2.75) is 6.92 Å². The Hall–Kier alpha value is -3.67. The van der Waals surface area contributed by atoms with E-state index in [9.17, 15) is 9.18 Å². The lowest BCUT2D eigenvalue weighted by Gasteiger charge is -2.11. The Morgan fingerprint density at radius 3 is 2.59 bits per heavy atom. The molecule has 0 radical (unpaired) electrons. The van der Waals surface area contributed by atoms with Crippen LogP contribution in [0.3, 0.4) is 0 Å². The summed E-state index contributed by atoms with van der Waals surface area (Å²) >= 11 is 0. The zero-order valence-electron chi connectivity index (χ0n) is 14.5. The summed E-state index contributed by atoms with van der Waals surface area (Å²) in [5, 5.41) is 2.89. The molecule has 1 amide bonds. The molecule has 2 heterocycles. The van der Waals surface area contributed by atoms with Crippen LogP contribution in [-0.4, -0.2) is 15.5 Å². The van der Waals surface area contributed by atoms with Crippen LogP contribution in [-0.2, 0) is 0 Å². The second-order valence-electron chi connectivity index (χ2n) is 6.08. The number of anilines is 1. The predicted octanol–water partition coefficient (Wildman–Crippen LogP) is 4.83. The number of amides is 1. The Morgan fingerprint density at radius 1 is 1.11 bits per heavy atom. The number of aryl methyl sites for hydroxylation is 1. The van der Waals surface area contributed by atoms with Gasteiger partial charge in [-0.05, 0) is 61.0 Å². The van der Waals surface area contributed by atoms with E-state index in [1.165, 1.54) is 18.5 Å². The van der Waals surface area contributed by atoms with Crippen LogP contribution in [0.2, 0.25) is 0 Å². The van der Waals surface area contributed by atoms with Gasteiger partial charge in [-0.25, -0.2) is 9.37 Å². The number of halogens is 1. The number of nitrogens with one attached hydrogen (secondary N) is 1. The third-order valence-corrected chi connectivity index (χ3v) is 4.26. The number of benzene rings is 2. The third kappa shape index (κ3) is 3.37. The van der Waals surface area contributed by atoms with Crippen molar-refractivity contribution in [2.75, 3.05) is 5.32 Å². The smallest absolute Gasteiger partial charge is 0.278 e. The standard InChI is InChI=1S/C21H16FN3O2/c1-14-4-9-17(25-10-2-3-11-25)12-18(14)24-21(26)19-20(27-13-23-19)15-5-7-16(22)8-6-15/h2-13H,1H3,(H,24,26). The van der Waals surface area contributed by atoms with Crippen molar-refractivity contribution in [3.8, 4) is 17.0 Å². The Labute approximate surface area is 155 Å². The lowest BCUT2D eigenvalue weighted by atomic mass is 10.1. The average molecular weight is 361 g/mol. The molecule has 6 heteroatoms. The van der Waals surface area contributed by atoms with Gasteiger partial charge in [-0.1, -0.05) is 6.07 Å². The molecule has 2 aromatic carbocycles. The molecule has 2 aromatic heterocycles. The molecule has 0 spiro atoms. The summed E-state index contributed by atoms with van der Waals surface area (Å²) in [6.45, 7) is 1.92. The zero-order chi connectivity index (χ0) is 18.8. The van der Waals surface area contributed by atoms with E-state index in [0.29, 0.717) is 17.0 Å². The number of rotatable bonds is 4. The van der Waals surface area contributed by atoms with Gasteiger partial charge in [0.1, 0.15) is 5.82 Å². The summed E-state index contributed by atoms with van der Waals surface area (Å²) in [6.07, 6.45) is 5.07. The fraction of sp³-hybridized carbons (Fsp3) is 0.0476. The monoisotopic (exact) mass is 361 g/mol. The Balaban J connectivity index is 1.63. The van der Waals surface area contributed by atoms with Crippen molar-refractivity contribution in [2.24, 2.45) is 0 Å². The Morgan fingerprint density at radius 2 is 1.85 bits per heavy atom. The van der Waals surface area contributed by atoms with E-state index in [4.69, 9.17) is 4.42 Å². The number of oxazole rings is 1. The molecule has 0 aliphatic carbocycles. The minimum absolute atomic E-state index is 0.146. The maximum absolute atomic E-state index is 13.1. The number of aromatic nitrogens is 2. The molecular weight excluding hydrogens is 345 g/mol. The highest BCUT2D eigenvalue weighted by molar-refractivity contribution is 6.06. The predicted molar refractivity (Wildman–Crippen MR) is 100 cm³/mol. The number of nitrogens with zero attached hydrogens (tertiary/aromatic N) is 2. The van der Waals surface area contributed by atoms with E-state index >= 15 is 0 Å². The summed E-state index contributed by atoms with van der Waals surface area (Å²) in [4.78, 5) is 16.8. The molecule has 5 nitrogen and oxygen atoms in total. The number of hydrogen-bond donors (Lipinski definition) is 1. The van der Waals surface area contributed by atoms with E-state index in [0.717, 1.165) is 11.3 Å². The van der Waals surface area contributed by atoms with Crippen LogP contribution in [0.5, 0.6) is 0 Å². The van der Waals surface area contributed by atoms with Gasteiger partial charge in [0.2, 0.25) is 0 Å². The van der Waals surface area contributed by atoms with Gasteiger partial charge in [0.15, 0.2) is 17.8 Å². The topological polar surface area (TPSA) is 60.1 Å². The largest absolute Gasteiger partial charge is 0.443 e. The van der Waals surface area contributed by atoms with E-state index in [1.54, 1.807) is 12.1 Å². The van der Waals surface area contributed by atoms with Gasteiger partial charge >= 0.3 is 0 Å². The van der Waals surface area contributed by atoms with E-state index in [2.05, 4.69) is 10.3 Å². The van der Waals surface area contributed by atoms with Gasteiger partial charge in [0.05, 0.1) is 0 Å². The van der Waals surface area contributed by atoms with Crippen molar-refractivity contribution < 1.29 is 13.6 Å². The number of hydrogen-bond acceptors (Lipinski definition) is 3. The lowest BCUT2D eigenvalue weighted by molar-refractivity contribution is 0.102. The van der Waals surface area contributed by atoms with Crippen molar-refractivity contribution in [3.63, 3.8) is 0 Å². The molecule has 0 bridgehead atoms. The van der Waals surface area contributed by atoms with Crippen molar-refractivity contribution in [3.05, 3.63) is 90.5 Å². The van der Waals surface area contributed by atoms with Crippen LogP contribution in [0.4, 0.5) is 10.1 Å². The van der Waals surface area contributed by atoms with Gasteiger partial charge in [0.25, 0.3) is 5.91 Å². The van der Waals surface area contributed by atoms with Gasteiger partial charge in [-0.3, -0.25) is 4.79 Å². The van der Waals surface area contributed by atoms with Crippen LogP contribution in [0.1, 0.15) is 16.1 Å². The molecule has 4 aromatic rings. The highest BCUT2D eigenvalue weighted by Crippen LogP contribution is 2.25. The highest BCUT2D eigenvalue weighted by Gasteiger charge is 2.19. The molecule has 0 aliphatic heterocycles. The minimum Gasteiger partial charge on any atom is -0.443 e. The van der Waals surface area contributed by atoms with Crippen molar-refractivity contribution >= 4 is 11.6 Å². The van der Waals surface area contributed by atoms with Gasteiger partial charge in [0, 0.05) is 29.3 Å². The quantitative estimate of drug-likeness (QED) is 0.566. The van der Waals surface area contributed by atoms with E-state index in [1.807, 2.05) is 54.2 Å². The number of carbonyl (C=O) groups excluding carboxylic acids is 1. The molecular formula is C21H16FN3O2. The molecule has 134 valence electrons. The van der Waals surface area contributed by atoms with Crippen molar-refractivity contribution in [1.82, 2.24) is 9.55 Å². The van der Waals surface area contributed by atoms with E-state index < -0.39 is 5.91 Å². The molecule has 4 rings (SSSR count). The first-order valence-electron chi connectivity index (χ1n) is 8.36. The summed E-state index contributed by atoms with van der Waals surface area (Å²) < 4.78 is 20.5. The minimum atomic E-state index is -0.393. The normalized spacial score (nSPS) is 10.7. The first kappa shape index (κ1) is 16.8. The van der Waals surface area contributed by atoms with Gasteiger partial charge in [-0.15, -0.1) is 0 Å². The maximum Gasteiger partial charge on any atom is 0.278 e. The van der Waals surface area contributed by atoms with Gasteiger partial charge < -0.3 is 14.3 Å². The average Bonchev–Trinajstić information content (AvgIpc) is 3.36. The molecule has 0 unspecified atom stereocenters.